The summed E-state index contributed by atoms with van der Waals surface area (Å²) in [5.74, 6) is 1.12. The van der Waals surface area contributed by atoms with Gasteiger partial charge in [0.15, 0.2) is 5.43 Å². The van der Waals surface area contributed by atoms with Crippen LogP contribution < -0.4 is 10.2 Å². The molecule has 1 aromatic heterocycles. The van der Waals surface area contributed by atoms with Crippen LogP contribution in [0.15, 0.2) is 75.9 Å². The summed E-state index contributed by atoms with van der Waals surface area (Å²) in [6.45, 7) is 9.16. The average Bonchev–Trinajstić information content (AvgIpc) is 3.11. The Bertz CT molecular complexity index is 1490. The number of ether oxygens (including phenoxy) is 1. The van der Waals surface area contributed by atoms with E-state index in [1.807, 2.05) is 80.6 Å². The van der Waals surface area contributed by atoms with Crippen LogP contribution in [0.4, 0.5) is 0 Å². The van der Waals surface area contributed by atoms with Crippen molar-refractivity contribution >= 4 is 16.9 Å². The quantitative estimate of drug-likeness (QED) is 0.299. The molecule has 0 N–H and O–H groups in total. The van der Waals surface area contributed by atoms with Crippen LogP contribution in [-0.2, 0) is 6.54 Å². The number of nitrogens with zero attached hydrogens (tertiary/aromatic N) is 1. The van der Waals surface area contributed by atoms with Gasteiger partial charge in [-0.2, -0.15) is 0 Å². The highest BCUT2D eigenvalue weighted by Crippen LogP contribution is 2.40. The summed E-state index contributed by atoms with van der Waals surface area (Å²) < 4.78 is 12.2. The van der Waals surface area contributed by atoms with Crippen LogP contribution in [0, 0.1) is 19.8 Å². The van der Waals surface area contributed by atoms with E-state index in [1.54, 1.807) is 4.90 Å². The van der Waals surface area contributed by atoms with Crippen molar-refractivity contribution in [3.8, 4) is 5.75 Å². The Hall–Kier alpha value is -3.86. The van der Waals surface area contributed by atoms with Crippen LogP contribution in [0.3, 0.4) is 0 Å². The molecule has 36 heavy (non-hydrogen) atoms. The van der Waals surface area contributed by atoms with Crippen molar-refractivity contribution in [1.29, 1.82) is 0 Å². The van der Waals surface area contributed by atoms with E-state index >= 15 is 0 Å². The van der Waals surface area contributed by atoms with Gasteiger partial charge in [-0.1, -0.05) is 62.4 Å². The molecule has 2 heterocycles. The van der Waals surface area contributed by atoms with Crippen molar-refractivity contribution < 1.29 is 13.9 Å². The maximum atomic E-state index is 13.9. The number of amides is 1. The second kappa shape index (κ2) is 9.65. The number of benzene rings is 3. The summed E-state index contributed by atoms with van der Waals surface area (Å²) in [7, 11) is 0. The molecule has 0 radical (unpaired) electrons. The van der Waals surface area contributed by atoms with Gasteiger partial charge >= 0.3 is 0 Å². The van der Waals surface area contributed by atoms with Crippen LogP contribution in [-0.4, -0.2) is 17.4 Å². The molecule has 1 amide bonds. The van der Waals surface area contributed by atoms with Gasteiger partial charge in [0.1, 0.15) is 11.3 Å². The van der Waals surface area contributed by atoms with Crippen LogP contribution in [0.5, 0.6) is 5.75 Å². The van der Waals surface area contributed by atoms with Gasteiger partial charge in [-0.3, -0.25) is 9.59 Å². The fraction of sp³-hybridized carbons (Fsp3) is 0.290. The van der Waals surface area contributed by atoms with Gasteiger partial charge in [0.05, 0.1) is 23.6 Å². The van der Waals surface area contributed by atoms with E-state index in [1.165, 1.54) is 0 Å². The van der Waals surface area contributed by atoms with Crippen LogP contribution >= 0.6 is 0 Å². The Morgan fingerprint density at radius 1 is 0.972 bits per heavy atom. The molecule has 0 saturated heterocycles. The van der Waals surface area contributed by atoms with E-state index in [0.717, 1.165) is 34.4 Å². The largest absolute Gasteiger partial charge is 0.494 e. The molecule has 0 aliphatic carbocycles. The molecular weight excluding hydrogens is 450 g/mol. The van der Waals surface area contributed by atoms with Gasteiger partial charge in [-0.25, -0.2) is 0 Å². The Kier molecular flexibility index (Phi) is 6.40. The van der Waals surface area contributed by atoms with Gasteiger partial charge in [0.2, 0.25) is 5.76 Å². The first-order valence-electron chi connectivity index (χ1n) is 12.5. The van der Waals surface area contributed by atoms with Gasteiger partial charge in [-0.05, 0) is 66.6 Å². The third kappa shape index (κ3) is 4.41. The zero-order chi connectivity index (χ0) is 25.4. The van der Waals surface area contributed by atoms with E-state index in [4.69, 9.17) is 9.15 Å². The fourth-order valence-electron chi connectivity index (χ4n) is 4.99. The van der Waals surface area contributed by atoms with Crippen molar-refractivity contribution in [2.24, 2.45) is 5.92 Å². The van der Waals surface area contributed by atoms with Crippen molar-refractivity contribution in [3.05, 3.63) is 111 Å². The highest BCUT2D eigenvalue weighted by atomic mass is 16.5. The van der Waals surface area contributed by atoms with Crippen molar-refractivity contribution in [1.82, 2.24) is 4.90 Å². The molecule has 1 aliphatic rings. The maximum absolute atomic E-state index is 13.9. The van der Waals surface area contributed by atoms with Crippen LogP contribution in [0.1, 0.15) is 64.7 Å². The molecule has 1 atom stereocenters. The SMILES string of the molecule is Cc1cc(C)c2c(=O)c3c(oc2c1)C(=O)N(Cc1ccccc1)C3c1cccc(OCCC(C)C)c1. The molecule has 1 unspecified atom stereocenters. The minimum atomic E-state index is -0.567. The lowest BCUT2D eigenvalue weighted by Gasteiger charge is -2.25. The molecule has 0 fully saturated rings. The molecule has 0 saturated carbocycles. The molecule has 5 heteroatoms. The predicted molar refractivity (Wildman–Crippen MR) is 142 cm³/mol. The monoisotopic (exact) mass is 481 g/mol. The van der Waals surface area contributed by atoms with Gasteiger partial charge < -0.3 is 14.1 Å². The lowest BCUT2D eigenvalue weighted by atomic mass is 9.96. The topological polar surface area (TPSA) is 59.8 Å². The minimum Gasteiger partial charge on any atom is -0.494 e. The number of carbonyl (C=O) groups excluding carboxylic acids is 1. The average molecular weight is 482 g/mol. The molecule has 4 aromatic rings. The molecule has 0 bridgehead atoms. The Morgan fingerprint density at radius 2 is 1.75 bits per heavy atom. The number of rotatable bonds is 7. The van der Waals surface area contributed by atoms with Crippen molar-refractivity contribution in [2.45, 2.75) is 46.7 Å². The first kappa shape index (κ1) is 23.9. The molecule has 3 aromatic carbocycles. The Morgan fingerprint density at radius 3 is 2.50 bits per heavy atom. The van der Waals surface area contributed by atoms with Crippen LogP contribution in [0.25, 0.3) is 11.0 Å². The second-order valence-electron chi connectivity index (χ2n) is 10.1. The molecule has 5 rings (SSSR count). The number of hydrogen-bond donors (Lipinski definition) is 0. The van der Waals surface area contributed by atoms with Gasteiger partial charge in [-0.15, -0.1) is 0 Å². The molecule has 5 nitrogen and oxygen atoms in total. The standard InChI is InChI=1S/C31H31NO4/c1-19(2)13-14-35-24-12-8-11-23(17-24)28-27-29(33)26-21(4)15-20(3)16-25(26)36-30(27)31(34)32(28)18-22-9-6-5-7-10-22/h5-12,15-17,19,28H,13-14,18H2,1-4H3. The smallest absolute Gasteiger partial charge is 0.291 e. The summed E-state index contributed by atoms with van der Waals surface area (Å²) >= 11 is 0. The van der Waals surface area contributed by atoms with E-state index in [0.29, 0.717) is 35.6 Å². The Labute approximate surface area is 211 Å². The number of fused-ring (bicyclic) bond motifs is 2. The summed E-state index contributed by atoms with van der Waals surface area (Å²) in [6.07, 6.45) is 0.948. The third-order valence-corrected chi connectivity index (χ3v) is 6.75. The minimum absolute atomic E-state index is 0.129. The van der Waals surface area contributed by atoms with E-state index in [-0.39, 0.29) is 17.1 Å². The van der Waals surface area contributed by atoms with Crippen LogP contribution in [0.2, 0.25) is 0 Å². The second-order valence-corrected chi connectivity index (χ2v) is 10.1. The first-order chi connectivity index (χ1) is 17.3. The lowest BCUT2D eigenvalue weighted by Crippen LogP contribution is -2.29. The van der Waals surface area contributed by atoms with E-state index < -0.39 is 6.04 Å². The number of aryl methyl sites for hydroxylation is 2. The molecule has 184 valence electrons. The normalized spacial score (nSPS) is 15.1. The summed E-state index contributed by atoms with van der Waals surface area (Å²) in [5.41, 5.74) is 4.35. The highest BCUT2D eigenvalue weighted by Gasteiger charge is 2.43. The van der Waals surface area contributed by atoms with Gasteiger partial charge in [0, 0.05) is 6.54 Å². The highest BCUT2D eigenvalue weighted by molar-refractivity contribution is 5.99. The lowest BCUT2D eigenvalue weighted by molar-refractivity contribution is 0.0714. The number of hydrogen-bond acceptors (Lipinski definition) is 4. The molecule has 0 spiro atoms. The summed E-state index contributed by atoms with van der Waals surface area (Å²) in [4.78, 5) is 29.4. The fourth-order valence-corrected chi connectivity index (χ4v) is 4.99. The van der Waals surface area contributed by atoms with Crippen molar-refractivity contribution in [2.75, 3.05) is 6.61 Å². The summed E-state index contributed by atoms with van der Waals surface area (Å²) in [6, 6.07) is 20.8. The zero-order valence-electron chi connectivity index (χ0n) is 21.2. The maximum Gasteiger partial charge on any atom is 0.291 e. The molecule has 1 aliphatic heterocycles. The molecular formula is C31H31NO4. The zero-order valence-corrected chi connectivity index (χ0v) is 21.2. The first-order valence-corrected chi connectivity index (χ1v) is 12.5. The predicted octanol–water partition coefficient (Wildman–Crippen LogP) is 6.58. The van der Waals surface area contributed by atoms with E-state index in [9.17, 15) is 9.59 Å². The van der Waals surface area contributed by atoms with Gasteiger partial charge in [0.25, 0.3) is 5.91 Å². The third-order valence-electron chi connectivity index (χ3n) is 6.75. The number of carbonyl (C=O) groups is 1. The Balaban J connectivity index is 1.65. The van der Waals surface area contributed by atoms with Crippen molar-refractivity contribution in [3.63, 3.8) is 0 Å². The van der Waals surface area contributed by atoms with E-state index in [2.05, 4.69) is 13.8 Å². The summed E-state index contributed by atoms with van der Waals surface area (Å²) in [5, 5.41) is 0.531.